The molecule has 2 aromatic rings. The standard InChI is InChI=1S/C15H10ClFINO/c16-11-4-7-14(13(18)9-11)19-15(20)8-3-10-1-5-12(17)6-2-10/h1-9H,(H,19,20)/b8-3+. The average Bonchev–Trinajstić information content (AvgIpc) is 2.41. The van der Waals surface area contributed by atoms with E-state index in [4.69, 9.17) is 11.6 Å². The van der Waals surface area contributed by atoms with Gasteiger partial charge in [0, 0.05) is 14.7 Å². The second-order valence-electron chi connectivity index (χ2n) is 4.00. The molecule has 2 aromatic carbocycles. The van der Waals surface area contributed by atoms with Crippen molar-refractivity contribution in [2.75, 3.05) is 5.32 Å². The molecule has 5 heteroatoms. The lowest BCUT2D eigenvalue weighted by Crippen LogP contribution is -2.08. The summed E-state index contributed by atoms with van der Waals surface area (Å²) in [5.41, 5.74) is 1.45. The molecule has 0 unspecified atom stereocenters. The summed E-state index contributed by atoms with van der Waals surface area (Å²) in [5.74, 6) is -0.558. The normalized spacial score (nSPS) is 10.8. The van der Waals surface area contributed by atoms with Crippen LogP contribution >= 0.6 is 34.2 Å². The summed E-state index contributed by atoms with van der Waals surface area (Å²) in [4.78, 5) is 11.8. The fourth-order valence-corrected chi connectivity index (χ4v) is 2.52. The third-order valence-electron chi connectivity index (χ3n) is 2.49. The summed E-state index contributed by atoms with van der Waals surface area (Å²) in [5, 5.41) is 3.37. The Bertz CT molecular complexity index is 655. The van der Waals surface area contributed by atoms with Gasteiger partial charge in [0.15, 0.2) is 0 Å². The van der Waals surface area contributed by atoms with Gasteiger partial charge in [-0.25, -0.2) is 4.39 Å². The van der Waals surface area contributed by atoms with Crippen LogP contribution < -0.4 is 5.32 Å². The van der Waals surface area contributed by atoms with Crippen molar-refractivity contribution in [2.24, 2.45) is 0 Å². The van der Waals surface area contributed by atoms with Gasteiger partial charge in [0.05, 0.1) is 5.69 Å². The SMILES string of the molecule is O=C(/C=C/c1ccc(F)cc1)Nc1ccc(Cl)cc1I. The minimum Gasteiger partial charge on any atom is -0.322 e. The quantitative estimate of drug-likeness (QED) is 0.584. The lowest BCUT2D eigenvalue weighted by Gasteiger charge is -2.05. The van der Waals surface area contributed by atoms with E-state index >= 15 is 0 Å². The molecule has 2 nitrogen and oxygen atoms in total. The van der Waals surface area contributed by atoms with Gasteiger partial charge in [-0.15, -0.1) is 0 Å². The van der Waals surface area contributed by atoms with Gasteiger partial charge in [-0.05, 0) is 64.6 Å². The number of benzene rings is 2. The first-order valence-electron chi connectivity index (χ1n) is 5.74. The molecular weight excluding hydrogens is 392 g/mol. The molecule has 0 saturated heterocycles. The van der Waals surface area contributed by atoms with Crippen LogP contribution in [0.2, 0.25) is 5.02 Å². The highest BCUT2D eigenvalue weighted by atomic mass is 127. The van der Waals surface area contributed by atoms with Crippen LogP contribution in [0.5, 0.6) is 0 Å². The maximum absolute atomic E-state index is 12.7. The predicted molar refractivity (Wildman–Crippen MR) is 88.2 cm³/mol. The summed E-state index contributed by atoms with van der Waals surface area (Å²) < 4.78 is 13.6. The van der Waals surface area contributed by atoms with E-state index in [1.54, 1.807) is 36.4 Å². The van der Waals surface area contributed by atoms with Crippen molar-refractivity contribution in [3.8, 4) is 0 Å². The number of rotatable bonds is 3. The molecule has 1 N–H and O–H groups in total. The van der Waals surface area contributed by atoms with Crippen LogP contribution in [0.3, 0.4) is 0 Å². The number of carbonyl (C=O) groups excluding carboxylic acids is 1. The zero-order chi connectivity index (χ0) is 14.5. The molecule has 102 valence electrons. The van der Waals surface area contributed by atoms with Gasteiger partial charge in [-0.2, -0.15) is 0 Å². The van der Waals surface area contributed by atoms with E-state index in [0.29, 0.717) is 10.7 Å². The fourth-order valence-electron chi connectivity index (χ4n) is 1.51. The van der Waals surface area contributed by atoms with Crippen molar-refractivity contribution in [1.82, 2.24) is 0 Å². The molecule has 0 atom stereocenters. The van der Waals surface area contributed by atoms with Crippen LogP contribution in [-0.2, 0) is 4.79 Å². The number of carbonyl (C=O) groups is 1. The van der Waals surface area contributed by atoms with Gasteiger partial charge in [0.1, 0.15) is 5.82 Å². The van der Waals surface area contributed by atoms with Crippen LogP contribution in [0.4, 0.5) is 10.1 Å². The fraction of sp³-hybridized carbons (Fsp3) is 0. The second kappa shape index (κ2) is 6.85. The van der Waals surface area contributed by atoms with Crippen molar-refractivity contribution in [3.05, 3.63) is 68.5 Å². The summed E-state index contributed by atoms with van der Waals surface area (Å²) in [7, 11) is 0. The number of nitrogens with one attached hydrogen (secondary N) is 1. The Labute approximate surface area is 134 Å². The summed E-state index contributed by atoms with van der Waals surface area (Å²) in [6, 6.07) is 11.1. The third-order valence-corrected chi connectivity index (χ3v) is 3.61. The summed E-state index contributed by atoms with van der Waals surface area (Å²) in [6.45, 7) is 0. The van der Waals surface area contributed by atoms with E-state index in [1.807, 2.05) is 0 Å². The second-order valence-corrected chi connectivity index (χ2v) is 5.60. The maximum atomic E-state index is 12.7. The van der Waals surface area contributed by atoms with Gasteiger partial charge in [0.25, 0.3) is 0 Å². The monoisotopic (exact) mass is 401 g/mol. The van der Waals surface area contributed by atoms with Crippen LogP contribution in [0.15, 0.2) is 48.5 Å². The number of halogens is 3. The molecule has 2 rings (SSSR count). The van der Waals surface area contributed by atoms with Crippen LogP contribution in [-0.4, -0.2) is 5.91 Å². The van der Waals surface area contributed by atoms with E-state index in [2.05, 4.69) is 27.9 Å². The largest absolute Gasteiger partial charge is 0.322 e. The van der Waals surface area contributed by atoms with Crippen LogP contribution in [0.1, 0.15) is 5.56 Å². The molecular formula is C15H10ClFINO. The predicted octanol–water partition coefficient (Wildman–Crippen LogP) is 4.74. The summed E-state index contributed by atoms with van der Waals surface area (Å²) in [6.07, 6.45) is 3.02. The number of hydrogen-bond donors (Lipinski definition) is 1. The Morgan fingerprint density at radius 1 is 1.20 bits per heavy atom. The van der Waals surface area contributed by atoms with Crippen molar-refractivity contribution in [2.45, 2.75) is 0 Å². The number of hydrogen-bond acceptors (Lipinski definition) is 1. The minimum absolute atomic E-state index is 0.255. The maximum Gasteiger partial charge on any atom is 0.248 e. The third kappa shape index (κ3) is 4.31. The minimum atomic E-state index is -0.303. The number of anilines is 1. The van der Waals surface area contributed by atoms with E-state index in [-0.39, 0.29) is 11.7 Å². The smallest absolute Gasteiger partial charge is 0.248 e. The molecule has 0 aliphatic heterocycles. The Kier molecular flexibility index (Phi) is 5.14. The zero-order valence-corrected chi connectivity index (χ0v) is 13.2. The Balaban J connectivity index is 2.03. The van der Waals surface area contributed by atoms with Crippen molar-refractivity contribution < 1.29 is 9.18 Å². The topological polar surface area (TPSA) is 29.1 Å². The van der Waals surface area contributed by atoms with E-state index in [0.717, 1.165) is 9.13 Å². The Morgan fingerprint density at radius 2 is 1.90 bits per heavy atom. The van der Waals surface area contributed by atoms with Gasteiger partial charge in [-0.3, -0.25) is 4.79 Å². The number of amides is 1. The van der Waals surface area contributed by atoms with E-state index < -0.39 is 0 Å². The van der Waals surface area contributed by atoms with Gasteiger partial charge in [0.2, 0.25) is 5.91 Å². The van der Waals surface area contributed by atoms with Crippen LogP contribution in [0, 0.1) is 9.39 Å². The highest BCUT2D eigenvalue weighted by molar-refractivity contribution is 14.1. The molecule has 0 saturated carbocycles. The average molecular weight is 402 g/mol. The lowest BCUT2D eigenvalue weighted by molar-refractivity contribution is -0.111. The first-order chi connectivity index (χ1) is 9.54. The van der Waals surface area contributed by atoms with Gasteiger partial charge < -0.3 is 5.32 Å². The molecule has 0 radical (unpaired) electrons. The van der Waals surface area contributed by atoms with Crippen molar-refractivity contribution in [3.63, 3.8) is 0 Å². The Morgan fingerprint density at radius 3 is 2.55 bits per heavy atom. The molecule has 0 aliphatic carbocycles. The lowest BCUT2D eigenvalue weighted by atomic mass is 10.2. The highest BCUT2D eigenvalue weighted by Crippen LogP contribution is 2.22. The van der Waals surface area contributed by atoms with Crippen LogP contribution in [0.25, 0.3) is 6.08 Å². The molecule has 0 aliphatic rings. The van der Waals surface area contributed by atoms with Gasteiger partial charge >= 0.3 is 0 Å². The molecule has 20 heavy (non-hydrogen) atoms. The van der Waals surface area contributed by atoms with E-state index in [1.165, 1.54) is 18.2 Å². The highest BCUT2D eigenvalue weighted by Gasteiger charge is 2.03. The van der Waals surface area contributed by atoms with E-state index in [9.17, 15) is 9.18 Å². The summed E-state index contributed by atoms with van der Waals surface area (Å²) >= 11 is 7.94. The molecule has 1 amide bonds. The molecule has 0 aromatic heterocycles. The molecule has 0 spiro atoms. The molecule has 0 heterocycles. The molecule has 0 fully saturated rings. The first kappa shape index (κ1) is 15.0. The Hall–Kier alpha value is -1.40. The van der Waals surface area contributed by atoms with Crippen molar-refractivity contribution >= 4 is 51.9 Å². The zero-order valence-electron chi connectivity index (χ0n) is 10.2. The first-order valence-corrected chi connectivity index (χ1v) is 7.20. The van der Waals surface area contributed by atoms with Gasteiger partial charge in [-0.1, -0.05) is 23.7 Å². The molecule has 0 bridgehead atoms. The van der Waals surface area contributed by atoms with Crippen molar-refractivity contribution in [1.29, 1.82) is 0 Å².